The number of alkyl halides is 2. The number of rotatable bonds is 17. The molecule has 2 amide bonds. The Bertz CT molecular complexity index is 913. The van der Waals surface area contributed by atoms with Gasteiger partial charge in [-0.25, -0.2) is 0 Å². The Morgan fingerprint density at radius 2 is 1.44 bits per heavy atom. The van der Waals surface area contributed by atoms with Gasteiger partial charge in [0.25, 0.3) is 5.08 Å². The number of nitrogens with one attached hydrogen (secondary N) is 2. The summed E-state index contributed by atoms with van der Waals surface area (Å²) in [7, 11) is -11.1. The van der Waals surface area contributed by atoms with E-state index in [-0.39, 0.29) is 31.8 Å². The minimum absolute atomic E-state index is 0.192. The van der Waals surface area contributed by atoms with Gasteiger partial charge in [-0.2, -0.15) is 0 Å². The van der Waals surface area contributed by atoms with E-state index in [1.54, 1.807) is 0 Å². The standard InChI is InChI=1S/C20H33Cl2N3O9P2/c21-10-13-25(14-11-22)17-7-5-16(6-8-17)3-1-4-18(26)24-15-19(27)23-12-2-9-20(28,35(29,30)31)36(32,33)34/h5-8,28H,1-4,9-15H2,(H,23,27)(H,24,26)(H2,29,30,31)(H2,32,33,34). The molecule has 0 aliphatic carbocycles. The van der Waals surface area contributed by atoms with Gasteiger partial charge in [-0.05, 0) is 37.0 Å². The Kier molecular flexibility index (Phi) is 13.9. The first-order valence-electron chi connectivity index (χ1n) is 11.1. The number of hydrogen-bond donors (Lipinski definition) is 7. The van der Waals surface area contributed by atoms with Gasteiger partial charge in [0.1, 0.15) is 0 Å². The number of hydrogen-bond acceptors (Lipinski definition) is 6. The Labute approximate surface area is 219 Å². The number of nitrogens with zero attached hydrogens (tertiary/aromatic N) is 1. The summed E-state index contributed by atoms with van der Waals surface area (Å²) in [5.74, 6) is 0.0351. The smallest absolute Gasteiger partial charge is 0.369 e. The molecule has 0 unspecified atom stereocenters. The molecule has 16 heteroatoms. The second-order valence-corrected chi connectivity index (χ2v) is 12.7. The minimum atomic E-state index is -5.53. The zero-order valence-corrected chi connectivity index (χ0v) is 22.9. The van der Waals surface area contributed by atoms with Crippen LogP contribution >= 0.6 is 38.4 Å². The van der Waals surface area contributed by atoms with Crippen molar-refractivity contribution >= 4 is 55.9 Å². The molecular weight excluding hydrogens is 559 g/mol. The van der Waals surface area contributed by atoms with E-state index in [2.05, 4.69) is 15.5 Å². The first-order valence-corrected chi connectivity index (χ1v) is 15.4. The highest BCUT2D eigenvalue weighted by Gasteiger charge is 2.58. The van der Waals surface area contributed by atoms with E-state index in [0.29, 0.717) is 37.7 Å². The predicted octanol–water partition coefficient (Wildman–Crippen LogP) is 1.31. The molecule has 7 N–H and O–H groups in total. The number of halogens is 2. The normalized spacial score (nSPS) is 12.3. The lowest BCUT2D eigenvalue weighted by Gasteiger charge is -2.29. The van der Waals surface area contributed by atoms with Crippen LogP contribution < -0.4 is 15.5 Å². The van der Waals surface area contributed by atoms with E-state index in [0.717, 1.165) is 11.3 Å². The van der Waals surface area contributed by atoms with Crippen LogP contribution in [0.3, 0.4) is 0 Å². The summed E-state index contributed by atoms with van der Waals surface area (Å²) < 4.78 is 22.6. The van der Waals surface area contributed by atoms with Crippen LogP contribution in [-0.2, 0) is 25.1 Å². The number of carbonyl (C=O) groups excluding carboxylic acids is 2. The minimum Gasteiger partial charge on any atom is -0.369 e. The van der Waals surface area contributed by atoms with Gasteiger partial charge >= 0.3 is 15.2 Å². The highest BCUT2D eigenvalue weighted by atomic mass is 35.5. The van der Waals surface area contributed by atoms with E-state index >= 15 is 0 Å². The molecular formula is C20H33Cl2N3O9P2. The second-order valence-electron chi connectivity index (χ2n) is 7.98. The monoisotopic (exact) mass is 591 g/mol. The molecule has 0 aliphatic rings. The average Bonchev–Trinajstić information content (AvgIpc) is 2.79. The van der Waals surface area contributed by atoms with Crippen molar-refractivity contribution in [1.82, 2.24) is 10.6 Å². The fraction of sp³-hybridized carbons (Fsp3) is 0.600. The molecule has 0 atom stereocenters. The van der Waals surface area contributed by atoms with Crippen molar-refractivity contribution in [2.24, 2.45) is 0 Å². The molecule has 0 radical (unpaired) electrons. The molecule has 0 bridgehead atoms. The van der Waals surface area contributed by atoms with Crippen molar-refractivity contribution in [3.63, 3.8) is 0 Å². The van der Waals surface area contributed by atoms with Crippen LogP contribution in [0.15, 0.2) is 24.3 Å². The topological polar surface area (TPSA) is 197 Å². The summed E-state index contributed by atoms with van der Waals surface area (Å²) >= 11 is 11.7. The molecule has 0 heterocycles. The molecule has 12 nitrogen and oxygen atoms in total. The Hall–Kier alpha value is -1.20. The van der Waals surface area contributed by atoms with Crippen molar-refractivity contribution in [2.75, 3.05) is 42.8 Å². The predicted molar refractivity (Wildman–Crippen MR) is 137 cm³/mol. The molecule has 0 spiro atoms. The maximum Gasteiger partial charge on any atom is 0.369 e. The molecule has 206 valence electrons. The third kappa shape index (κ3) is 10.7. The zero-order valence-electron chi connectivity index (χ0n) is 19.6. The van der Waals surface area contributed by atoms with Crippen LogP contribution in [0.25, 0.3) is 0 Å². The zero-order chi connectivity index (χ0) is 27.4. The number of anilines is 1. The van der Waals surface area contributed by atoms with Gasteiger partial charge in [0, 0.05) is 49.9 Å². The first kappa shape index (κ1) is 32.8. The van der Waals surface area contributed by atoms with Crippen molar-refractivity contribution in [1.29, 1.82) is 0 Å². The Balaban J connectivity index is 2.34. The number of carbonyl (C=O) groups is 2. The highest BCUT2D eigenvalue weighted by Crippen LogP contribution is 2.69. The number of aryl methyl sites for hydroxylation is 1. The largest absolute Gasteiger partial charge is 0.369 e. The Morgan fingerprint density at radius 1 is 0.889 bits per heavy atom. The fourth-order valence-corrected chi connectivity index (χ4v) is 5.91. The van der Waals surface area contributed by atoms with E-state index in [1.807, 2.05) is 24.3 Å². The second kappa shape index (κ2) is 15.3. The van der Waals surface area contributed by atoms with Crippen molar-refractivity contribution < 1.29 is 43.4 Å². The summed E-state index contributed by atoms with van der Waals surface area (Å²) in [5.41, 5.74) is 2.06. The molecule has 0 saturated carbocycles. The molecule has 1 aromatic carbocycles. The molecule has 1 aromatic rings. The SMILES string of the molecule is O=C(CCCc1ccc(N(CCCl)CCCl)cc1)NCC(=O)NCCCC(O)(P(=O)(O)O)P(=O)(O)O. The van der Waals surface area contributed by atoms with Crippen LogP contribution in [0.1, 0.15) is 31.2 Å². The van der Waals surface area contributed by atoms with Gasteiger partial charge in [0.05, 0.1) is 6.54 Å². The third-order valence-electron chi connectivity index (χ3n) is 5.27. The van der Waals surface area contributed by atoms with E-state index in [1.165, 1.54) is 0 Å². The summed E-state index contributed by atoms with van der Waals surface area (Å²) in [6.07, 6.45) is 0.154. The van der Waals surface area contributed by atoms with Crippen LogP contribution in [-0.4, -0.2) is 79.5 Å². The van der Waals surface area contributed by atoms with Crippen LogP contribution in [0.5, 0.6) is 0 Å². The molecule has 0 saturated heterocycles. The van der Waals surface area contributed by atoms with E-state index in [9.17, 15) is 23.8 Å². The first-order chi connectivity index (χ1) is 16.7. The Morgan fingerprint density at radius 3 is 1.94 bits per heavy atom. The number of aliphatic hydroxyl groups is 1. The van der Waals surface area contributed by atoms with Gasteiger partial charge in [0.15, 0.2) is 0 Å². The lowest BCUT2D eigenvalue weighted by molar-refractivity contribution is -0.126. The van der Waals surface area contributed by atoms with Crippen LogP contribution in [0, 0.1) is 0 Å². The van der Waals surface area contributed by atoms with Gasteiger partial charge in [-0.1, -0.05) is 12.1 Å². The summed E-state index contributed by atoms with van der Waals surface area (Å²) in [5, 5.41) is 11.0. The van der Waals surface area contributed by atoms with Crippen molar-refractivity contribution in [3.05, 3.63) is 29.8 Å². The molecule has 0 aromatic heterocycles. The van der Waals surface area contributed by atoms with Crippen LogP contribution in [0.4, 0.5) is 5.69 Å². The van der Waals surface area contributed by atoms with Gasteiger partial charge in [-0.3, -0.25) is 18.7 Å². The fourth-order valence-electron chi connectivity index (χ4n) is 3.24. The maximum absolute atomic E-state index is 12.0. The summed E-state index contributed by atoms with van der Waals surface area (Å²) in [6.45, 7) is 0.806. The van der Waals surface area contributed by atoms with Gasteiger partial charge < -0.3 is 40.2 Å². The van der Waals surface area contributed by atoms with Crippen molar-refractivity contribution in [3.8, 4) is 0 Å². The lowest BCUT2D eigenvalue weighted by Crippen LogP contribution is -2.38. The van der Waals surface area contributed by atoms with E-state index < -0.39 is 32.6 Å². The third-order valence-corrected chi connectivity index (χ3v) is 9.48. The summed E-state index contributed by atoms with van der Waals surface area (Å²) in [6, 6.07) is 7.88. The maximum atomic E-state index is 12.0. The molecule has 0 fully saturated rings. The van der Waals surface area contributed by atoms with Crippen molar-refractivity contribution in [2.45, 2.75) is 37.2 Å². The van der Waals surface area contributed by atoms with Gasteiger partial charge in [-0.15, -0.1) is 23.2 Å². The quantitative estimate of drug-likeness (QED) is 0.0787. The molecule has 1 rings (SSSR count). The molecule has 36 heavy (non-hydrogen) atoms. The average molecular weight is 592 g/mol. The van der Waals surface area contributed by atoms with Crippen LogP contribution in [0.2, 0.25) is 0 Å². The lowest BCUT2D eigenvalue weighted by atomic mass is 10.1. The number of benzene rings is 1. The van der Waals surface area contributed by atoms with E-state index in [4.69, 9.17) is 42.8 Å². The summed E-state index contributed by atoms with van der Waals surface area (Å²) in [4.78, 5) is 62.2. The highest BCUT2D eigenvalue weighted by molar-refractivity contribution is 7.72. The molecule has 0 aliphatic heterocycles. The van der Waals surface area contributed by atoms with Gasteiger partial charge in [0.2, 0.25) is 11.8 Å². The number of amides is 2.